The van der Waals surface area contributed by atoms with Crippen molar-refractivity contribution in [3.05, 3.63) is 12.2 Å². The van der Waals surface area contributed by atoms with Crippen LogP contribution in [0.2, 0.25) is 0 Å². The van der Waals surface area contributed by atoms with Crippen molar-refractivity contribution in [1.29, 1.82) is 0 Å². The minimum atomic E-state index is -1.13. The number of ether oxygens (including phenoxy) is 7. The molecule has 7 aliphatic rings. The molecule has 0 aromatic carbocycles. The molecule has 7 rings (SSSR count). The lowest BCUT2D eigenvalue weighted by atomic mass is 9.81. The quantitative estimate of drug-likeness (QED) is 0.300. The smallest absolute Gasteiger partial charge is 0.164 e. The van der Waals surface area contributed by atoms with Crippen LogP contribution in [0, 0.1) is 11.8 Å². The molecule has 7 heterocycles. The highest BCUT2D eigenvalue weighted by atomic mass is 16.6. The highest BCUT2D eigenvalue weighted by molar-refractivity contribution is 5.85. The molecule has 0 aromatic rings. The second-order valence-electron chi connectivity index (χ2n) is 16.6. The number of ketones is 3. The molecule has 7 saturated heterocycles. The zero-order valence-corrected chi connectivity index (χ0v) is 30.9. The van der Waals surface area contributed by atoms with Crippen molar-refractivity contribution in [3.8, 4) is 0 Å². The van der Waals surface area contributed by atoms with Crippen LogP contribution < -0.4 is 0 Å². The lowest BCUT2D eigenvalue weighted by molar-refractivity contribution is -0.259. The molecular weight excluding hydrogens is 692 g/mol. The Hall–Kier alpha value is -1.69. The molecule has 0 saturated carbocycles. The molecule has 0 aromatic heterocycles. The van der Waals surface area contributed by atoms with E-state index in [4.69, 9.17) is 33.2 Å². The van der Waals surface area contributed by atoms with Gasteiger partial charge in [-0.1, -0.05) is 13.5 Å². The fourth-order valence-corrected chi connectivity index (χ4v) is 10.0. The molecule has 0 radical (unpaired) electrons. The third-order valence-corrected chi connectivity index (χ3v) is 12.9. The van der Waals surface area contributed by atoms with E-state index in [2.05, 4.69) is 13.5 Å². The van der Waals surface area contributed by atoms with Gasteiger partial charge in [0.05, 0.1) is 67.6 Å². The van der Waals surface area contributed by atoms with Gasteiger partial charge < -0.3 is 53.6 Å². The van der Waals surface area contributed by atoms with E-state index >= 15 is 0 Å². The highest BCUT2D eigenvalue weighted by Gasteiger charge is 2.57. The first kappa shape index (κ1) is 39.5. The summed E-state index contributed by atoms with van der Waals surface area (Å²) in [4.78, 5) is 39.9. The summed E-state index contributed by atoms with van der Waals surface area (Å²) in [5.41, 5.74) is 0.934. The summed E-state index contributed by atoms with van der Waals surface area (Å²) in [5, 5.41) is 42.5. The maximum absolute atomic E-state index is 13.9. The van der Waals surface area contributed by atoms with Crippen molar-refractivity contribution >= 4 is 17.3 Å². The Morgan fingerprint density at radius 1 is 0.736 bits per heavy atom. The van der Waals surface area contributed by atoms with Crippen LogP contribution in [0.5, 0.6) is 0 Å². The van der Waals surface area contributed by atoms with Gasteiger partial charge in [0, 0.05) is 58.0 Å². The predicted octanol–water partition coefficient (Wildman–Crippen LogP) is 1.28. The van der Waals surface area contributed by atoms with E-state index in [1.54, 1.807) is 7.11 Å². The fraction of sp³-hybridized carbons (Fsp3) is 0.872. The first-order valence-corrected chi connectivity index (χ1v) is 19.8. The second kappa shape index (κ2) is 16.8. The first-order chi connectivity index (χ1) is 25.4. The highest BCUT2D eigenvalue weighted by Crippen LogP contribution is 2.43. The van der Waals surface area contributed by atoms with Gasteiger partial charge in [0.1, 0.15) is 48.2 Å². The van der Waals surface area contributed by atoms with E-state index in [0.717, 1.165) is 12.0 Å². The summed E-state index contributed by atoms with van der Waals surface area (Å²) in [6.45, 7) is 6.05. The predicted molar refractivity (Wildman–Crippen MR) is 185 cm³/mol. The van der Waals surface area contributed by atoms with Crippen LogP contribution in [-0.2, 0) is 47.5 Å². The zero-order chi connectivity index (χ0) is 37.6. The van der Waals surface area contributed by atoms with Gasteiger partial charge >= 0.3 is 0 Å². The van der Waals surface area contributed by atoms with Crippen molar-refractivity contribution in [2.75, 3.05) is 13.7 Å². The van der Waals surface area contributed by atoms with Gasteiger partial charge in [-0.25, -0.2) is 0 Å². The Morgan fingerprint density at radius 3 is 2.23 bits per heavy atom. The molecule has 4 N–H and O–H groups in total. The number of hydrogen-bond acceptors (Lipinski definition) is 14. The SMILES string of the molecule is C=C1C2CC3O[C@H](CC(O)CO)[C@H](OC)C3CC(=O)CC3CCC4O[C@@H]5C(O[C@H](CC(=O)CCC6CC(=O)C(CCC(C[C@H]1C)O2)O6)C5O)C(O)[C@H]4O3. The normalized spacial score (nSPS) is 47.7. The van der Waals surface area contributed by atoms with Crippen LogP contribution in [-0.4, -0.2) is 149 Å². The van der Waals surface area contributed by atoms with E-state index in [0.29, 0.717) is 38.5 Å². The van der Waals surface area contributed by atoms with Crippen molar-refractivity contribution < 1.29 is 68.0 Å². The van der Waals surface area contributed by atoms with Crippen molar-refractivity contribution in [3.63, 3.8) is 0 Å². The summed E-state index contributed by atoms with van der Waals surface area (Å²) < 4.78 is 43.8. The number of Topliss-reactive ketones (excluding diaryl/α,β-unsaturated/α-hetero) is 3. The van der Waals surface area contributed by atoms with Crippen LogP contribution in [0.15, 0.2) is 12.2 Å². The molecule has 14 nitrogen and oxygen atoms in total. The van der Waals surface area contributed by atoms with Crippen LogP contribution in [0.1, 0.15) is 90.4 Å². The van der Waals surface area contributed by atoms with Crippen LogP contribution >= 0.6 is 0 Å². The Labute approximate surface area is 310 Å². The minimum absolute atomic E-state index is 0.0120. The lowest BCUT2D eigenvalue weighted by Crippen LogP contribution is -2.61. The van der Waals surface area contributed by atoms with Crippen LogP contribution in [0.3, 0.4) is 0 Å². The fourth-order valence-electron chi connectivity index (χ4n) is 10.0. The number of fused-ring (bicyclic) bond motifs is 7. The zero-order valence-electron chi connectivity index (χ0n) is 30.9. The summed E-state index contributed by atoms with van der Waals surface area (Å²) in [7, 11) is 1.56. The Morgan fingerprint density at radius 2 is 1.45 bits per heavy atom. The summed E-state index contributed by atoms with van der Waals surface area (Å²) in [6.07, 6.45) is -6.21. The first-order valence-electron chi connectivity index (χ1n) is 19.8. The summed E-state index contributed by atoms with van der Waals surface area (Å²) >= 11 is 0. The van der Waals surface area contributed by atoms with Crippen molar-refractivity contribution in [1.82, 2.24) is 0 Å². The largest absolute Gasteiger partial charge is 0.394 e. The Kier molecular flexibility index (Phi) is 12.5. The van der Waals surface area contributed by atoms with Crippen LogP contribution in [0.25, 0.3) is 0 Å². The third-order valence-electron chi connectivity index (χ3n) is 12.9. The summed E-state index contributed by atoms with van der Waals surface area (Å²) in [6, 6.07) is 0. The molecule has 12 unspecified atom stereocenters. The monoisotopic (exact) mass is 750 g/mol. The molecule has 8 bridgehead atoms. The van der Waals surface area contributed by atoms with E-state index in [9.17, 15) is 34.8 Å². The molecule has 298 valence electrons. The van der Waals surface area contributed by atoms with E-state index in [1.165, 1.54) is 0 Å². The van der Waals surface area contributed by atoms with E-state index in [1.807, 2.05) is 0 Å². The van der Waals surface area contributed by atoms with Gasteiger partial charge in [-0.2, -0.15) is 0 Å². The van der Waals surface area contributed by atoms with Gasteiger partial charge in [-0.3, -0.25) is 14.4 Å². The van der Waals surface area contributed by atoms with Gasteiger partial charge in [-0.15, -0.1) is 0 Å². The Balaban J connectivity index is 1.11. The molecule has 0 spiro atoms. The molecule has 7 aliphatic heterocycles. The van der Waals surface area contributed by atoms with Crippen molar-refractivity contribution in [2.24, 2.45) is 11.8 Å². The van der Waals surface area contributed by atoms with Gasteiger partial charge in [-0.05, 0) is 50.0 Å². The van der Waals surface area contributed by atoms with E-state index in [-0.39, 0.29) is 86.0 Å². The Bertz CT molecular complexity index is 1340. The van der Waals surface area contributed by atoms with Gasteiger partial charge in [0.15, 0.2) is 5.78 Å². The molecule has 0 aliphatic carbocycles. The van der Waals surface area contributed by atoms with Gasteiger partial charge in [0.2, 0.25) is 0 Å². The number of carbonyl (C=O) groups is 3. The molecular formula is C39H58O14. The third kappa shape index (κ3) is 8.53. The number of carbonyl (C=O) groups excluding carboxylic acids is 3. The van der Waals surface area contributed by atoms with Gasteiger partial charge in [0.25, 0.3) is 0 Å². The molecule has 0 amide bonds. The molecule has 14 heteroatoms. The number of methoxy groups -OCH3 is 1. The molecule has 18 atom stereocenters. The molecule has 7 fully saturated rings. The number of rotatable bonds is 4. The van der Waals surface area contributed by atoms with Crippen molar-refractivity contribution in [2.45, 2.75) is 188 Å². The minimum Gasteiger partial charge on any atom is -0.394 e. The topological polar surface area (TPSA) is 197 Å². The standard InChI is InChI=1S/C39H58O14/c1-18-10-23-6-8-28-27(44)15-25(48-28)5-4-20(41)13-32-34(45)38-39(53-32)35(46)37-29(52-38)9-7-24(50-37)11-21(42)12-26-31(16-30(49-23)19(18)2)51-33(36(26)47-3)14-22(43)17-40/h18,22-26,28-40,43,45-46H,2,4-17H2,1,3H3/t18-,22?,23?,24?,25?,26?,28?,29?,30?,31?,32-,33-,34?,35?,36-,37+,38+,39?/m1/s1. The van der Waals surface area contributed by atoms with Crippen LogP contribution in [0.4, 0.5) is 0 Å². The average Bonchev–Trinajstić information content (AvgIpc) is 3.76. The maximum Gasteiger partial charge on any atom is 0.164 e. The average molecular weight is 751 g/mol. The lowest BCUT2D eigenvalue weighted by Gasteiger charge is -2.46. The number of aliphatic hydroxyl groups excluding tert-OH is 4. The van der Waals surface area contributed by atoms with E-state index < -0.39 is 86.0 Å². The number of aliphatic hydroxyl groups is 4. The second-order valence-corrected chi connectivity index (χ2v) is 16.6. The number of hydrogen-bond donors (Lipinski definition) is 4. The summed E-state index contributed by atoms with van der Waals surface area (Å²) in [5.74, 6) is -0.410. The maximum atomic E-state index is 13.9. The molecule has 53 heavy (non-hydrogen) atoms.